The molecule has 0 aliphatic heterocycles. The van der Waals surface area contributed by atoms with Gasteiger partial charge in [0.25, 0.3) is 11.8 Å². The fourth-order valence-corrected chi connectivity index (χ4v) is 2.56. The normalized spacial score (nSPS) is 12.6. The molecule has 1 aliphatic rings. The Bertz CT molecular complexity index is 680. The van der Waals surface area contributed by atoms with Crippen LogP contribution in [0.15, 0.2) is 48.5 Å². The Kier molecular flexibility index (Phi) is 3.69. The Morgan fingerprint density at radius 1 is 0.762 bits per heavy atom. The number of carbonyl (C=O) groups is 2. The van der Waals surface area contributed by atoms with Gasteiger partial charge in [-0.1, -0.05) is 24.3 Å². The van der Waals surface area contributed by atoms with E-state index in [-0.39, 0.29) is 11.8 Å². The monoisotopic (exact) mass is 280 g/mol. The first kappa shape index (κ1) is 13.4. The summed E-state index contributed by atoms with van der Waals surface area (Å²) in [4.78, 5) is 23.9. The number of aryl methyl sites for hydroxylation is 2. The molecule has 0 radical (unpaired) electrons. The molecule has 0 unspecified atom stereocenters. The van der Waals surface area contributed by atoms with E-state index in [9.17, 15) is 9.59 Å². The van der Waals surface area contributed by atoms with Crippen molar-refractivity contribution in [3.8, 4) is 0 Å². The molecule has 0 heterocycles. The van der Waals surface area contributed by atoms with Gasteiger partial charge in [-0.2, -0.15) is 0 Å². The van der Waals surface area contributed by atoms with E-state index in [1.54, 1.807) is 30.3 Å². The standard InChI is InChI=1S/C17H16N2O2/c20-16(13-5-2-1-3-6-13)18-19-17(21)15-10-9-12-7-4-8-14(12)11-15/h1-3,5-6,9-11H,4,7-8H2,(H,18,20)(H,19,21). The second kappa shape index (κ2) is 5.79. The lowest BCUT2D eigenvalue weighted by atomic mass is 10.1. The second-order valence-electron chi connectivity index (χ2n) is 5.11. The third kappa shape index (κ3) is 2.94. The highest BCUT2D eigenvalue weighted by molar-refractivity contribution is 5.99. The average molecular weight is 280 g/mol. The van der Waals surface area contributed by atoms with Crippen molar-refractivity contribution >= 4 is 11.8 Å². The molecule has 0 saturated carbocycles. The van der Waals surface area contributed by atoms with Gasteiger partial charge in [0.05, 0.1) is 0 Å². The van der Waals surface area contributed by atoms with E-state index in [2.05, 4.69) is 10.9 Å². The van der Waals surface area contributed by atoms with E-state index >= 15 is 0 Å². The molecule has 2 aromatic carbocycles. The van der Waals surface area contributed by atoms with Crippen LogP contribution in [-0.2, 0) is 12.8 Å². The minimum Gasteiger partial charge on any atom is -0.267 e. The zero-order valence-corrected chi connectivity index (χ0v) is 11.6. The Morgan fingerprint density at radius 2 is 1.43 bits per heavy atom. The van der Waals surface area contributed by atoms with Crippen LogP contribution in [0.1, 0.15) is 38.3 Å². The fourth-order valence-electron chi connectivity index (χ4n) is 2.56. The van der Waals surface area contributed by atoms with Gasteiger partial charge in [0.2, 0.25) is 0 Å². The van der Waals surface area contributed by atoms with Crippen molar-refractivity contribution in [2.75, 3.05) is 0 Å². The summed E-state index contributed by atoms with van der Waals surface area (Å²) < 4.78 is 0. The first-order valence-corrected chi connectivity index (χ1v) is 7.01. The van der Waals surface area contributed by atoms with Gasteiger partial charge in [-0.25, -0.2) is 0 Å². The van der Waals surface area contributed by atoms with Crippen molar-refractivity contribution in [2.24, 2.45) is 0 Å². The summed E-state index contributed by atoms with van der Waals surface area (Å²) in [5, 5.41) is 0. The number of fused-ring (bicyclic) bond motifs is 1. The third-order valence-corrected chi connectivity index (χ3v) is 3.69. The zero-order chi connectivity index (χ0) is 14.7. The topological polar surface area (TPSA) is 58.2 Å². The lowest BCUT2D eigenvalue weighted by Gasteiger charge is -2.08. The van der Waals surface area contributed by atoms with Gasteiger partial charge in [0.15, 0.2) is 0 Å². The molecule has 2 amide bonds. The van der Waals surface area contributed by atoms with Crippen molar-refractivity contribution in [2.45, 2.75) is 19.3 Å². The lowest BCUT2D eigenvalue weighted by Crippen LogP contribution is -2.41. The summed E-state index contributed by atoms with van der Waals surface area (Å²) in [7, 11) is 0. The Balaban J connectivity index is 1.63. The Morgan fingerprint density at radius 3 is 2.19 bits per heavy atom. The predicted octanol–water partition coefficient (Wildman–Crippen LogP) is 2.25. The minimum absolute atomic E-state index is 0.297. The van der Waals surface area contributed by atoms with Crippen molar-refractivity contribution < 1.29 is 9.59 Å². The van der Waals surface area contributed by atoms with Crippen molar-refractivity contribution in [1.82, 2.24) is 10.9 Å². The largest absolute Gasteiger partial charge is 0.269 e. The summed E-state index contributed by atoms with van der Waals surface area (Å²) in [6.07, 6.45) is 3.25. The highest BCUT2D eigenvalue weighted by atomic mass is 16.2. The summed E-state index contributed by atoms with van der Waals surface area (Å²) in [6.45, 7) is 0. The van der Waals surface area contributed by atoms with Crippen LogP contribution >= 0.6 is 0 Å². The van der Waals surface area contributed by atoms with Crippen LogP contribution in [0.3, 0.4) is 0 Å². The van der Waals surface area contributed by atoms with Crippen LogP contribution in [0.25, 0.3) is 0 Å². The molecule has 3 rings (SSSR count). The van der Waals surface area contributed by atoms with Crippen LogP contribution in [0, 0.1) is 0 Å². The first-order valence-electron chi connectivity index (χ1n) is 7.01. The highest BCUT2D eigenvalue weighted by Crippen LogP contribution is 2.22. The molecule has 0 bridgehead atoms. The number of rotatable bonds is 2. The third-order valence-electron chi connectivity index (χ3n) is 3.69. The summed E-state index contributed by atoms with van der Waals surface area (Å²) >= 11 is 0. The van der Waals surface area contributed by atoms with Gasteiger partial charge >= 0.3 is 0 Å². The molecule has 0 fully saturated rings. The molecule has 2 aromatic rings. The SMILES string of the molecule is O=C(NNC(=O)c1ccc2c(c1)CCC2)c1ccccc1. The minimum atomic E-state index is -0.329. The molecule has 0 atom stereocenters. The predicted molar refractivity (Wildman–Crippen MR) is 79.8 cm³/mol. The summed E-state index contributed by atoms with van der Waals surface area (Å²) in [5.41, 5.74) is 8.51. The molecule has 0 spiro atoms. The van der Waals surface area contributed by atoms with E-state index < -0.39 is 0 Å². The van der Waals surface area contributed by atoms with Crippen molar-refractivity contribution in [3.63, 3.8) is 0 Å². The number of hydrazine groups is 1. The Labute approximate surface area is 123 Å². The Hall–Kier alpha value is -2.62. The van der Waals surface area contributed by atoms with Gasteiger partial charge in [-0.05, 0) is 54.7 Å². The number of hydrogen-bond donors (Lipinski definition) is 2. The second-order valence-corrected chi connectivity index (χ2v) is 5.11. The van der Waals surface area contributed by atoms with Crippen molar-refractivity contribution in [1.29, 1.82) is 0 Å². The zero-order valence-electron chi connectivity index (χ0n) is 11.6. The number of carbonyl (C=O) groups excluding carboxylic acids is 2. The molecule has 0 aromatic heterocycles. The molecule has 2 N–H and O–H groups in total. The van der Waals surface area contributed by atoms with Crippen molar-refractivity contribution in [3.05, 3.63) is 70.8 Å². The number of hydrogen-bond acceptors (Lipinski definition) is 2. The number of benzene rings is 2. The quantitative estimate of drug-likeness (QED) is 0.829. The van der Waals surface area contributed by atoms with E-state index in [1.807, 2.05) is 18.2 Å². The maximum Gasteiger partial charge on any atom is 0.269 e. The molecular weight excluding hydrogens is 264 g/mol. The van der Waals surface area contributed by atoms with Crippen LogP contribution in [0.4, 0.5) is 0 Å². The average Bonchev–Trinajstić information content (AvgIpc) is 3.00. The number of nitrogens with one attached hydrogen (secondary N) is 2. The van der Waals surface area contributed by atoms with Gasteiger partial charge in [0, 0.05) is 11.1 Å². The van der Waals surface area contributed by atoms with Gasteiger partial charge in [-0.3, -0.25) is 20.4 Å². The maximum atomic E-state index is 12.1. The molecule has 1 aliphatic carbocycles. The first-order chi connectivity index (χ1) is 10.2. The smallest absolute Gasteiger partial charge is 0.267 e. The molecule has 4 nitrogen and oxygen atoms in total. The molecule has 0 saturated heterocycles. The molecule has 106 valence electrons. The molecular formula is C17H16N2O2. The maximum absolute atomic E-state index is 12.1. The van der Waals surface area contributed by atoms with Gasteiger partial charge < -0.3 is 0 Å². The summed E-state index contributed by atoms with van der Waals surface area (Å²) in [6, 6.07) is 14.5. The molecule has 4 heteroatoms. The highest BCUT2D eigenvalue weighted by Gasteiger charge is 2.14. The molecule has 21 heavy (non-hydrogen) atoms. The summed E-state index contributed by atoms with van der Waals surface area (Å²) in [5.74, 6) is -0.626. The van der Waals surface area contributed by atoms with E-state index in [0.29, 0.717) is 11.1 Å². The fraction of sp³-hybridized carbons (Fsp3) is 0.176. The lowest BCUT2D eigenvalue weighted by molar-refractivity contribution is 0.0846. The number of amides is 2. The van der Waals surface area contributed by atoms with Gasteiger partial charge in [-0.15, -0.1) is 0 Å². The van der Waals surface area contributed by atoms with E-state index in [1.165, 1.54) is 11.1 Å². The van der Waals surface area contributed by atoms with E-state index in [4.69, 9.17) is 0 Å². The van der Waals surface area contributed by atoms with Crippen LogP contribution in [-0.4, -0.2) is 11.8 Å². The van der Waals surface area contributed by atoms with Crippen LogP contribution in [0.5, 0.6) is 0 Å². The van der Waals surface area contributed by atoms with E-state index in [0.717, 1.165) is 19.3 Å². The van der Waals surface area contributed by atoms with Crippen LogP contribution in [0.2, 0.25) is 0 Å². The van der Waals surface area contributed by atoms with Crippen LogP contribution < -0.4 is 10.9 Å². The van der Waals surface area contributed by atoms with Gasteiger partial charge in [0.1, 0.15) is 0 Å².